The topological polar surface area (TPSA) is 88.1 Å². The second-order valence-corrected chi connectivity index (χ2v) is 10.7. The monoisotopic (exact) mass is 577 g/mol. The van der Waals surface area contributed by atoms with E-state index in [0.717, 1.165) is 10.0 Å². The number of methoxy groups -OCH3 is 1. The summed E-state index contributed by atoms with van der Waals surface area (Å²) in [4.78, 5) is 13.3. The van der Waals surface area contributed by atoms with E-state index in [2.05, 4.69) is 26.5 Å². The highest BCUT2D eigenvalue weighted by atomic mass is 79.9. The number of ether oxygens (including phenoxy) is 1. The van der Waals surface area contributed by atoms with Crippen LogP contribution in [0.15, 0.2) is 118 Å². The van der Waals surface area contributed by atoms with Crippen LogP contribution >= 0.6 is 15.9 Å². The Hall–Kier alpha value is -3.95. The molecular weight excluding hydrogens is 554 g/mol. The highest BCUT2D eigenvalue weighted by Gasteiger charge is 2.28. The molecule has 1 N–H and O–H groups in total. The fourth-order valence-corrected chi connectivity index (χ4v) is 5.55. The van der Waals surface area contributed by atoms with Crippen LogP contribution in [0.2, 0.25) is 0 Å². The van der Waals surface area contributed by atoms with Crippen LogP contribution in [0, 0.1) is 0 Å². The molecule has 0 spiro atoms. The van der Waals surface area contributed by atoms with Crippen LogP contribution in [0.25, 0.3) is 0 Å². The second kappa shape index (κ2) is 11.9. The number of halogens is 1. The smallest absolute Gasteiger partial charge is 0.273 e. The molecule has 0 saturated heterocycles. The second-order valence-electron chi connectivity index (χ2n) is 7.91. The third-order valence-electron chi connectivity index (χ3n) is 5.48. The molecule has 4 rings (SSSR count). The lowest BCUT2D eigenvalue weighted by Crippen LogP contribution is -2.33. The predicted molar refractivity (Wildman–Crippen MR) is 148 cm³/mol. The average Bonchev–Trinajstić information content (AvgIpc) is 2.93. The Morgan fingerprint density at radius 2 is 1.59 bits per heavy atom. The highest BCUT2D eigenvalue weighted by Crippen LogP contribution is 2.29. The normalized spacial score (nSPS) is 11.3. The molecule has 0 atom stereocenters. The number of hydrogen-bond acceptors (Lipinski definition) is 5. The summed E-state index contributed by atoms with van der Waals surface area (Å²) in [6, 6.07) is 29.3. The van der Waals surface area contributed by atoms with E-state index < -0.39 is 15.9 Å². The number of carbonyl (C=O) groups is 1. The zero-order valence-electron chi connectivity index (χ0n) is 19.9. The predicted octanol–water partition coefficient (Wildman–Crippen LogP) is 5.62. The molecule has 0 aliphatic carbocycles. The van der Waals surface area contributed by atoms with Crippen LogP contribution in [0.3, 0.4) is 0 Å². The maximum Gasteiger partial charge on any atom is 0.273 e. The Bertz CT molecular complexity index is 1510. The summed E-state index contributed by atoms with van der Waals surface area (Å²) >= 11 is 3.41. The maximum absolute atomic E-state index is 13.8. The lowest BCUT2D eigenvalue weighted by Gasteiger charge is -2.26. The first-order chi connectivity index (χ1) is 17.9. The van der Waals surface area contributed by atoms with Crippen molar-refractivity contribution in [2.45, 2.75) is 11.4 Å². The van der Waals surface area contributed by atoms with Gasteiger partial charge in [-0.25, -0.2) is 13.8 Å². The van der Waals surface area contributed by atoms with Gasteiger partial charge in [-0.15, -0.1) is 0 Å². The Morgan fingerprint density at radius 3 is 2.30 bits per heavy atom. The van der Waals surface area contributed by atoms with Crippen molar-refractivity contribution in [3.8, 4) is 5.75 Å². The summed E-state index contributed by atoms with van der Waals surface area (Å²) in [7, 11) is -2.45. The van der Waals surface area contributed by atoms with Gasteiger partial charge in [-0.3, -0.25) is 9.10 Å². The van der Waals surface area contributed by atoms with E-state index >= 15 is 0 Å². The molecule has 37 heavy (non-hydrogen) atoms. The molecule has 9 heteroatoms. The number of nitrogens with zero attached hydrogens (tertiary/aromatic N) is 2. The molecule has 7 nitrogen and oxygen atoms in total. The van der Waals surface area contributed by atoms with E-state index in [-0.39, 0.29) is 22.7 Å². The molecule has 0 saturated carbocycles. The first-order valence-corrected chi connectivity index (χ1v) is 13.5. The number of nitrogens with one attached hydrogen (secondary N) is 1. The number of carbonyl (C=O) groups excluding carboxylic acids is 1. The van der Waals surface area contributed by atoms with Gasteiger partial charge in [-0.2, -0.15) is 5.10 Å². The molecule has 0 unspecified atom stereocenters. The van der Waals surface area contributed by atoms with Gasteiger partial charge >= 0.3 is 0 Å². The van der Waals surface area contributed by atoms with E-state index in [4.69, 9.17) is 4.74 Å². The van der Waals surface area contributed by atoms with Crippen molar-refractivity contribution in [2.24, 2.45) is 5.10 Å². The Kier molecular flexibility index (Phi) is 8.37. The minimum Gasteiger partial charge on any atom is -0.496 e. The summed E-state index contributed by atoms with van der Waals surface area (Å²) in [6.07, 6.45) is 1.46. The van der Waals surface area contributed by atoms with E-state index in [9.17, 15) is 13.2 Å². The number of anilines is 1. The van der Waals surface area contributed by atoms with E-state index in [1.165, 1.54) is 22.7 Å². The van der Waals surface area contributed by atoms with Crippen molar-refractivity contribution in [1.29, 1.82) is 0 Å². The molecule has 4 aromatic rings. The van der Waals surface area contributed by atoms with Gasteiger partial charge in [0.15, 0.2) is 0 Å². The van der Waals surface area contributed by atoms with Gasteiger partial charge in [0.1, 0.15) is 5.75 Å². The minimum atomic E-state index is -3.99. The quantitative estimate of drug-likeness (QED) is 0.206. The fourth-order valence-electron chi connectivity index (χ4n) is 3.68. The number of sulfonamides is 1. The molecule has 0 heterocycles. The van der Waals surface area contributed by atoms with Gasteiger partial charge in [0.05, 0.1) is 36.0 Å². The van der Waals surface area contributed by atoms with Crippen molar-refractivity contribution >= 4 is 43.8 Å². The van der Waals surface area contributed by atoms with Crippen molar-refractivity contribution in [2.75, 3.05) is 11.4 Å². The largest absolute Gasteiger partial charge is 0.496 e. The molecule has 0 bridgehead atoms. The fraction of sp³-hybridized carbons (Fsp3) is 0.0714. The lowest BCUT2D eigenvalue weighted by molar-refractivity contribution is 0.0955. The third-order valence-corrected chi connectivity index (χ3v) is 7.75. The van der Waals surface area contributed by atoms with Gasteiger partial charge in [0, 0.05) is 10.0 Å². The highest BCUT2D eigenvalue weighted by molar-refractivity contribution is 9.10. The van der Waals surface area contributed by atoms with Crippen LogP contribution in [-0.2, 0) is 16.6 Å². The van der Waals surface area contributed by atoms with Gasteiger partial charge in [0.2, 0.25) is 0 Å². The van der Waals surface area contributed by atoms with Crippen LogP contribution in [0.1, 0.15) is 21.5 Å². The summed E-state index contributed by atoms with van der Waals surface area (Å²) in [6.45, 7) is 0.0425. The zero-order valence-corrected chi connectivity index (χ0v) is 22.3. The Balaban J connectivity index is 1.69. The van der Waals surface area contributed by atoms with E-state index in [0.29, 0.717) is 11.3 Å². The van der Waals surface area contributed by atoms with Gasteiger partial charge in [-0.05, 0) is 48.0 Å². The summed E-state index contributed by atoms with van der Waals surface area (Å²) in [5.41, 5.74) is 4.34. The molecule has 0 aliphatic heterocycles. The molecule has 0 aliphatic rings. The zero-order chi connectivity index (χ0) is 26.3. The van der Waals surface area contributed by atoms with Gasteiger partial charge in [-0.1, -0.05) is 76.6 Å². The SMILES string of the molecule is COc1ccc(Br)cc1/C=N\NC(=O)c1ccccc1N(Cc1ccccc1)S(=O)(=O)c1ccccc1. The van der Waals surface area contributed by atoms with Crippen molar-refractivity contribution in [3.05, 3.63) is 124 Å². The van der Waals surface area contributed by atoms with Gasteiger partial charge in [0.25, 0.3) is 15.9 Å². The first-order valence-electron chi connectivity index (χ1n) is 11.3. The summed E-state index contributed by atoms with van der Waals surface area (Å²) in [5, 5.41) is 4.08. The number of hydrogen-bond donors (Lipinski definition) is 1. The number of amides is 1. The first kappa shape index (κ1) is 26.1. The molecular formula is C28H24BrN3O4S. The Morgan fingerprint density at radius 1 is 0.946 bits per heavy atom. The third kappa shape index (κ3) is 6.25. The van der Waals surface area contributed by atoms with E-state index in [1.54, 1.807) is 61.7 Å². The maximum atomic E-state index is 13.8. The molecule has 0 aromatic heterocycles. The number of hydrazone groups is 1. The van der Waals surface area contributed by atoms with Crippen LogP contribution in [0.4, 0.5) is 5.69 Å². The minimum absolute atomic E-state index is 0.0425. The average molecular weight is 578 g/mol. The summed E-state index contributed by atoms with van der Waals surface area (Å²) in [5.74, 6) is 0.0340. The Labute approximate surface area is 224 Å². The van der Waals surface area contributed by atoms with Crippen molar-refractivity contribution < 1.29 is 17.9 Å². The number of benzene rings is 4. The standard InChI is InChI=1S/C28H24BrN3O4S/c1-36-27-17-16-23(29)18-22(27)19-30-31-28(33)25-14-8-9-15-26(25)32(20-21-10-4-2-5-11-21)37(34,35)24-12-6-3-7-13-24/h2-19H,20H2,1H3,(H,31,33)/b30-19-. The molecule has 1 amide bonds. The molecule has 0 radical (unpaired) electrons. The molecule has 0 fully saturated rings. The number of rotatable bonds is 9. The van der Waals surface area contributed by atoms with Gasteiger partial charge < -0.3 is 4.74 Å². The van der Waals surface area contributed by atoms with E-state index in [1.807, 2.05) is 36.4 Å². The lowest BCUT2D eigenvalue weighted by atomic mass is 10.1. The van der Waals surface area contributed by atoms with Crippen LogP contribution in [-0.4, -0.2) is 27.6 Å². The van der Waals surface area contributed by atoms with Crippen molar-refractivity contribution in [3.63, 3.8) is 0 Å². The molecule has 4 aromatic carbocycles. The van der Waals surface area contributed by atoms with Crippen molar-refractivity contribution in [1.82, 2.24) is 5.43 Å². The van der Waals surface area contributed by atoms with Crippen LogP contribution < -0.4 is 14.5 Å². The van der Waals surface area contributed by atoms with Crippen LogP contribution in [0.5, 0.6) is 5.75 Å². The number of para-hydroxylation sites is 1. The molecule has 188 valence electrons. The summed E-state index contributed by atoms with van der Waals surface area (Å²) < 4.78 is 34.9.